The van der Waals surface area contributed by atoms with Crippen LogP contribution in [0.5, 0.6) is 0 Å². The molecule has 0 atom stereocenters. The highest BCUT2D eigenvalue weighted by Gasteiger charge is 2.10. The van der Waals surface area contributed by atoms with Crippen molar-refractivity contribution in [2.75, 3.05) is 0 Å². The van der Waals surface area contributed by atoms with Gasteiger partial charge in [0.05, 0.1) is 28.9 Å². The molecule has 0 aliphatic heterocycles. The van der Waals surface area contributed by atoms with Crippen molar-refractivity contribution >= 4 is 23.0 Å². The summed E-state index contributed by atoms with van der Waals surface area (Å²) in [6.45, 7) is 0.366. The zero-order valence-corrected chi connectivity index (χ0v) is 12.4. The van der Waals surface area contributed by atoms with Crippen LogP contribution in [0.2, 0.25) is 0 Å². The Kier molecular flexibility index (Phi) is 3.85. The van der Waals surface area contributed by atoms with Gasteiger partial charge in [0, 0.05) is 29.3 Å². The topological polar surface area (TPSA) is 111 Å². The van der Waals surface area contributed by atoms with Gasteiger partial charge in [0.1, 0.15) is 5.01 Å². The molecule has 3 aromatic rings. The van der Waals surface area contributed by atoms with Gasteiger partial charge >= 0.3 is 5.97 Å². The molecule has 1 N–H and O–H groups in total. The molecule has 0 saturated heterocycles. The highest BCUT2D eigenvalue weighted by Crippen LogP contribution is 2.24. The van der Waals surface area contributed by atoms with E-state index in [1.54, 1.807) is 12.1 Å². The Labute approximate surface area is 133 Å². The third-order valence-corrected chi connectivity index (χ3v) is 3.94. The van der Waals surface area contributed by atoms with Crippen LogP contribution in [0.25, 0.3) is 11.3 Å². The predicted octanol–water partition coefficient (Wildman–Crippen LogP) is 2.66. The summed E-state index contributed by atoms with van der Waals surface area (Å²) in [5.41, 5.74) is 1.65. The second-order valence-electron chi connectivity index (χ2n) is 4.66. The molecule has 0 amide bonds. The Morgan fingerprint density at radius 3 is 2.70 bits per heavy atom. The minimum atomic E-state index is -1.03. The van der Waals surface area contributed by atoms with E-state index in [2.05, 4.69) is 10.1 Å². The maximum absolute atomic E-state index is 10.8. The van der Waals surface area contributed by atoms with Crippen molar-refractivity contribution in [3.05, 3.63) is 62.7 Å². The van der Waals surface area contributed by atoms with Crippen molar-refractivity contribution in [3.63, 3.8) is 0 Å². The van der Waals surface area contributed by atoms with Gasteiger partial charge in [-0.1, -0.05) is 0 Å². The fraction of sp³-hybridized carbons (Fsp3) is 0.0714. The molecular weight excluding hydrogens is 320 g/mol. The molecule has 0 aliphatic carbocycles. The van der Waals surface area contributed by atoms with Gasteiger partial charge in [-0.15, -0.1) is 11.3 Å². The third kappa shape index (κ3) is 3.24. The predicted molar refractivity (Wildman–Crippen MR) is 82.5 cm³/mol. The van der Waals surface area contributed by atoms with Gasteiger partial charge in [0.25, 0.3) is 5.69 Å². The van der Waals surface area contributed by atoms with Gasteiger partial charge in [-0.2, -0.15) is 5.10 Å². The quantitative estimate of drug-likeness (QED) is 0.568. The second kappa shape index (κ2) is 5.97. The summed E-state index contributed by atoms with van der Waals surface area (Å²) in [6, 6.07) is 6.16. The third-order valence-electron chi connectivity index (χ3n) is 3.10. The summed E-state index contributed by atoms with van der Waals surface area (Å²) >= 11 is 1.41. The standard InChI is InChI=1S/C14H10N4O4S/c19-14(20)10-5-15-17(6-10)7-13-16-12(8-23-13)9-1-3-11(4-2-9)18(21)22/h1-6,8H,7H2,(H,19,20). The lowest BCUT2D eigenvalue weighted by atomic mass is 10.1. The van der Waals surface area contributed by atoms with E-state index in [9.17, 15) is 14.9 Å². The van der Waals surface area contributed by atoms with E-state index in [1.807, 2.05) is 5.38 Å². The zero-order valence-electron chi connectivity index (χ0n) is 11.6. The van der Waals surface area contributed by atoms with Gasteiger partial charge in [0.15, 0.2) is 0 Å². The SMILES string of the molecule is O=C(O)c1cnn(Cc2nc(-c3ccc([N+](=O)[O-])cc3)cs2)c1. The van der Waals surface area contributed by atoms with E-state index in [-0.39, 0.29) is 11.3 Å². The first kappa shape index (κ1) is 14.9. The molecule has 0 bridgehead atoms. The van der Waals surface area contributed by atoms with Gasteiger partial charge in [-0.25, -0.2) is 9.78 Å². The van der Waals surface area contributed by atoms with Crippen LogP contribution in [0, 0.1) is 10.1 Å². The van der Waals surface area contributed by atoms with E-state index < -0.39 is 10.9 Å². The number of carboxylic acids is 1. The number of carbonyl (C=O) groups is 1. The summed E-state index contributed by atoms with van der Waals surface area (Å²) in [6.07, 6.45) is 2.72. The van der Waals surface area contributed by atoms with Gasteiger partial charge in [-0.3, -0.25) is 14.8 Å². The number of nitrogens with zero attached hydrogens (tertiary/aromatic N) is 4. The first-order valence-electron chi connectivity index (χ1n) is 6.48. The number of rotatable bonds is 5. The van der Waals surface area contributed by atoms with Crippen LogP contribution in [0.1, 0.15) is 15.4 Å². The van der Waals surface area contributed by atoms with Crippen LogP contribution in [-0.4, -0.2) is 30.8 Å². The minimum absolute atomic E-state index is 0.0296. The Morgan fingerprint density at radius 1 is 1.35 bits per heavy atom. The van der Waals surface area contributed by atoms with Crippen molar-refractivity contribution in [2.24, 2.45) is 0 Å². The first-order chi connectivity index (χ1) is 11.0. The van der Waals surface area contributed by atoms with Crippen LogP contribution in [0.4, 0.5) is 5.69 Å². The molecule has 1 aromatic carbocycles. The monoisotopic (exact) mass is 330 g/mol. The van der Waals surface area contributed by atoms with Crippen molar-refractivity contribution in [3.8, 4) is 11.3 Å². The van der Waals surface area contributed by atoms with Gasteiger partial charge in [-0.05, 0) is 12.1 Å². The number of non-ortho nitro benzene ring substituents is 1. The van der Waals surface area contributed by atoms with Gasteiger partial charge in [0.2, 0.25) is 0 Å². The van der Waals surface area contributed by atoms with E-state index in [0.717, 1.165) is 10.6 Å². The number of benzene rings is 1. The van der Waals surface area contributed by atoms with Crippen LogP contribution < -0.4 is 0 Å². The van der Waals surface area contributed by atoms with Gasteiger partial charge < -0.3 is 5.11 Å². The molecule has 0 aliphatic rings. The molecule has 0 spiro atoms. The Bertz CT molecular complexity index is 869. The van der Waals surface area contributed by atoms with E-state index in [4.69, 9.17) is 5.11 Å². The number of carboxylic acid groups (broad SMARTS) is 1. The lowest BCUT2D eigenvalue weighted by Crippen LogP contribution is -2.00. The van der Waals surface area contributed by atoms with E-state index in [1.165, 1.54) is 40.5 Å². The average molecular weight is 330 g/mol. The minimum Gasteiger partial charge on any atom is -0.478 e. The number of nitro groups is 1. The molecule has 2 heterocycles. The summed E-state index contributed by atoms with van der Waals surface area (Å²) in [7, 11) is 0. The lowest BCUT2D eigenvalue weighted by Gasteiger charge is -1.97. The summed E-state index contributed by atoms with van der Waals surface area (Å²) in [5, 5.41) is 26.1. The summed E-state index contributed by atoms with van der Waals surface area (Å²) < 4.78 is 1.50. The number of aromatic carboxylic acids is 1. The largest absolute Gasteiger partial charge is 0.478 e. The molecule has 2 aromatic heterocycles. The molecule has 0 saturated carbocycles. The number of nitro benzene ring substituents is 1. The fourth-order valence-electron chi connectivity index (χ4n) is 1.97. The lowest BCUT2D eigenvalue weighted by molar-refractivity contribution is -0.384. The molecule has 0 radical (unpaired) electrons. The van der Waals surface area contributed by atoms with E-state index >= 15 is 0 Å². The maximum atomic E-state index is 10.8. The van der Waals surface area contributed by atoms with Crippen molar-refractivity contribution in [1.82, 2.24) is 14.8 Å². The zero-order chi connectivity index (χ0) is 16.4. The van der Waals surface area contributed by atoms with Crippen molar-refractivity contribution < 1.29 is 14.8 Å². The van der Waals surface area contributed by atoms with E-state index in [0.29, 0.717) is 12.2 Å². The Balaban J connectivity index is 1.76. The Hall–Kier alpha value is -3.07. The number of thiazole rings is 1. The molecule has 23 heavy (non-hydrogen) atoms. The van der Waals surface area contributed by atoms with Crippen molar-refractivity contribution in [1.29, 1.82) is 0 Å². The molecule has 9 heteroatoms. The molecule has 116 valence electrons. The van der Waals surface area contributed by atoms with Crippen LogP contribution >= 0.6 is 11.3 Å². The highest BCUT2D eigenvalue weighted by atomic mass is 32.1. The molecule has 0 unspecified atom stereocenters. The summed E-state index contributed by atoms with van der Waals surface area (Å²) in [4.78, 5) is 25.5. The normalized spacial score (nSPS) is 10.6. The Morgan fingerprint density at radius 2 is 2.09 bits per heavy atom. The molecular formula is C14H10N4O4S. The average Bonchev–Trinajstić information content (AvgIpc) is 3.17. The molecule has 0 fully saturated rings. The number of hydrogen-bond acceptors (Lipinski definition) is 6. The molecule has 8 nitrogen and oxygen atoms in total. The summed E-state index contributed by atoms with van der Waals surface area (Å²) in [5.74, 6) is -1.03. The fourth-order valence-corrected chi connectivity index (χ4v) is 2.76. The van der Waals surface area contributed by atoms with Crippen LogP contribution in [0.15, 0.2) is 42.0 Å². The number of hydrogen-bond donors (Lipinski definition) is 1. The highest BCUT2D eigenvalue weighted by molar-refractivity contribution is 7.09. The van der Waals surface area contributed by atoms with Crippen LogP contribution in [-0.2, 0) is 6.54 Å². The second-order valence-corrected chi connectivity index (χ2v) is 5.60. The smallest absolute Gasteiger partial charge is 0.338 e. The van der Waals surface area contributed by atoms with Crippen molar-refractivity contribution in [2.45, 2.75) is 6.54 Å². The number of aromatic nitrogens is 3. The molecule has 3 rings (SSSR count). The van der Waals surface area contributed by atoms with Crippen LogP contribution in [0.3, 0.4) is 0 Å². The maximum Gasteiger partial charge on any atom is 0.338 e. The first-order valence-corrected chi connectivity index (χ1v) is 7.36.